The molecule has 2 rings (SSSR count). The smallest absolute Gasteiger partial charge is 0.330 e. The number of hydrogen-bond donors (Lipinski definition) is 1. The Morgan fingerprint density at radius 3 is 2.57 bits per heavy atom. The normalized spacial score (nSPS) is 12.2. The van der Waals surface area contributed by atoms with Gasteiger partial charge in [-0.1, -0.05) is 13.3 Å². The fourth-order valence-electron chi connectivity index (χ4n) is 2.98. The summed E-state index contributed by atoms with van der Waals surface area (Å²) in [5, 5.41) is 0. The first-order valence-electron chi connectivity index (χ1n) is 10.0. The van der Waals surface area contributed by atoms with Crippen LogP contribution in [0.2, 0.25) is 0 Å². The highest BCUT2D eigenvalue weighted by Gasteiger charge is 2.23. The lowest BCUT2D eigenvalue weighted by Gasteiger charge is -2.19. The summed E-state index contributed by atoms with van der Waals surface area (Å²) in [6.07, 6.45) is 6.72. The molecule has 9 heteroatoms. The minimum Gasteiger partial charge on any atom is -0.476 e. The molecule has 8 nitrogen and oxygen atoms in total. The maximum Gasteiger partial charge on any atom is 0.330 e. The maximum atomic E-state index is 12.5. The van der Waals surface area contributed by atoms with Crippen molar-refractivity contribution in [2.75, 3.05) is 39.6 Å². The van der Waals surface area contributed by atoms with E-state index in [4.69, 9.17) is 13.8 Å². The molecule has 0 saturated heterocycles. The van der Waals surface area contributed by atoms with Gasteiger partial charge in [0.05, 0.1) is 31.5 Å². The predicted molar refractivity (Wildman–Crippen MR) is 111 cm³/mol. The molecule has 0 spiro atoms. The van der Waals surface area contributed by atoms with Gasteiger partial charge in [-0.2, -0.15) is 4.98 Å². The second-order valence-electron chi connectivity index (χ2n) is 6.68. The Kier molecular flexibility index (Phi) is 9.38. The van der Waals surface area contributed by atoms with Gasteiger partial charge in [0, 0.05) is 18.3 Å². The van der Waals surface area contributed by atoms with E-state index in [0.717, 1.165) is 48.9 Å². The van der Waals surface area contributed by atoms with Gasteiger partial charge in [-0.15, -0.1) is 0 Å². The van der Waals surface area contributed by atoms with Gasteiger partial charge in [-0.25, -0.2) is 4.98 Å². The molecule has 1 N–H and O–H groups in total. The molecule has 0 fully saturated rings. The van der Waals surface area contributed by atoms with Gasteiger partial charge in [0.25, 0.3) is 0 Å². The fraction of sp³-hybridized carbons (Fsp3) is 0.684. The van der Waals surface area contributed by atoms with Crippen LogP contribution in [-0.2, 0) is 20.2 Å². The number of aromatic nitrogens is 3. The van der Waals surface area contributed by atoms with Crippen LogP contribution in [0.15, 0.2) is 12.5 Å². The Hall–Kier alpha value is -1.47. The zero-order valence-electron chi connectivity index (χ0n) is 17.4. The number of H-pyrrole nitrogens is 1. The van der Waals surface area contributed by atoms with Crippen LogP contribution in [0.1, 0.15) is 45.6 Å². The third-order valence-corrected chi connectivity index (χ3v) is 6.47. The van der Waals surface area contributed by atoms with E-state index in [2.05, 4.69) is 26.8 Å². The molecule has 2 aromatic rings. The molecule has 0 atom stereocenters. The predicted octanol–water partition coefficient (Wildman–Crippen LogP) is 4.22. The first-order chi connectivity index (χ1) is 13.5. The number of fused-ring (bicyclic) bond motifs is 1. The molecule has 2 heterocycles. The topological polar surface area (TPSA) is 89.6 Å². The Morgan fingerprint density at radius 2 is 1.89 bits per heavy atom. The summed E-state index contributed by atoms with van der Waals surface area (Å²) in [5.41, 5.74) is 2.79. The van der Waals surface area contributed by atoms with Crippen molar-refractivity contribution in [3.8, 4) is 5.88 Å². The molecule has 0 unspecified atom stereocenters. The van der Waals surface area contributed by atoms with E-state index in [1.807, 2.05) is 27.1 Å². The molecule has 0 aliphatic heterocycles. The molecule has 0 radical (unpaired) electrons. The van der Waals surface area contributed by atoms with Crippen molar-refractivity contribution in [2.24, 2.45) is 0 Å². The van der Waals surface area contributed by atoms with E-state index in [-0.39, 0.29) is 0 Å². The Labute approximate surface area is 167 Å². The lowest BCUT2D eigenvalue weighted by Crippen LogP contribution is -2.20. The quantitative estimate of drug-likeness (QED) is 0.367. The largest absolute Gasteiger partial charge is 0.476 e. The summed E-state index contributed by atoms with van der Waals surface area (Å²) in [5.74, 6) is 0.599. The van der Waals surface area contributed by atoms with Crippen LogP contribution >= 0.6 is 7.60 Å². The van der Waals surface area contributed by atoms with Gasteiger partial charge in [-0.05, 0) is 40.3 Å². The molecule has 0 aliphatic rings. The van der Waals surface area contributed by atoms with Crippen LogP contribution in [0.5, 0.6) is 5.88 Å². The first kappa shape index (κ1) is 22.8. The summed E-state index contributed by atoms with van der Waals surface area (Å²) < 4.78 is 29.0. The number of unbranched alkanes of at least 4 members (excludes halogenated alkanes) is 1. The van der Waals surface area contributed by atoms with Crippen molar-refractivity contribution < 1.29 is 18.3 Å². The second-order valence-corrected chi connectivity index (χ2v) is 8.87. The molecule has 0 saturated carbocycles. The average molecular weight is 412 g/mol. The zero-order chi connectivity index (χ0) is 20.4. The number of rotatable bonds is 14. The molecule has 0 amide bonds. The Balaban J connectivity index is 1.93. The molecule has 158 valence electrons. The Bertz CT molecular complexity index is 757. The summed E-state index contributed by atoms with van der Waals surface area (Å²) in [4.78, 5) is 14.1. The summed E-state index contributed by atoms with van der Waals surface area (Å²) in [6.45, 7) is 8.73. The number of nitrogens with zero attached hydrogens (tertiary/aromatic N) is 3. The van der Waals surface area contributed by atoms with Crippen LogP contribution in [0, 0.1) is 0 Å². The number of aromatic amines is 1. The highest BCUT2D eigenvalue weighted by atomic mass is 31.2. The lowest BCUT2D eigenvalue weighted by molar-refractivity contribution is 0.218. The molecule has 0 bridgehead atoms. The van der Waals surface area contributed by atoms with E-state index in [0.29, 0.717) is 31.9 Å². The minimum atomic E-state index is -2.98. The first-order valence-corrected chi connectivity index (χ1v) is 11.8. The van der Waals surface area contributed by atoms with Crippen LogP contribution in [0.3, 0.4) is 0 Å². The molecular formula is C19H33N4O4P. The van der Waals surface area contributed by atoms with Crippen molar-refractivity contribution in [1.82, 2.24) is 19.9 Å². The zero-order valence-corrected chi connectivity index (χ0v) is 18.3. The van der Waals surface area contributed by atoms with Crippen LogP contribution in [0.4, 0.5) is 0 Å². The van der Waals surface area contributed by atoms with E-state index in [1.54, 1.807) is 6.33 Å². The third-order valence-electron chi connectivity index (χ3n) is 4.31. The van der Waals surface area contributed by atoms with Gasteiger partial charge >= 0.3 is 7.60 Å². The molecule has 0 aliphatic carbocycles. The standard InChI is InChI=1S/C19H33N4O4P/c1-5-8-11-25-19-18-17(21-15-22-19)16(13-20-18)14-23(4)10-9-12-28(24,26-6-2)27-7-3/h13,15,20H,5-12,14H2,1-4H3. The SMILES string of the molecule is CCCCOc1ncnc2c(CN(C)CCCP(=O)(OCC)OCC)c[nH]c12. The highest BCUT2D eigenvalue weighted by Crippen LogP contribution is 2.48. The number of nitrogens with one attached hydrogen (secondary N) is 1. The van der Waals surface area contributed by atoms with E-state index in [1.165, 1.54) is 0 Å². The lowest BCUT2D eigenvalue weighted by atomic mass is 10.2. The maximum absolute atomic E-state index is 12.5. The van der Waals surface area contributed by atoms with Crippen molar-refractivity contribution in [3.05, 3.63) is 18.1 Å². The van der Waals surface area contributed by atoms with Gasteiger partial charge < -0.3 is 23.7 Å². The number of hydrogen-bond acceptors (Lipinski definition) is 7. The van der Waals surface area contributed by atoms with E-state index < -0.39 is 7.60 Å². The van der Waals surface area contributed by atoms with Crippen molar-refractivity contribution in [3.63, 3.8) is 0 Å². The van der Waals surface area contributed by atoms with Crippen molar-refractivity contribution in [1.29, 1.82) is 0 Å². The second kappa shape index (κ2) is 11.5. The monoisotopic (exact) mass is 412 g/mol. The Morgan fingerprint density at radius 1 is 1.14 bits per heavy atom. The van der Waals surface area contributed by atoms with Gasteiger partial charge in [0.1, 0.15) is 11.8 Å². The van der Waals surface area contributed by atoms with Crippen LogP contribution in [-0.4, -0.2) is 59.4 Å². The summed E-state index contributed by atoms with van der Waals surface area (Å²) in [7, 11) is -0.943. The third kappa shape index (κ3) is 6.55. The van der Waals surface area contributed by atoms with E-state index >= 15 is 0 Å². The molecule has 0 aromatic carbocycles. The van der Waals surface area contributed by atoms with Crippen molar-refractivity contribution in [2.45, 2.75) is 46.6 Å². The summed E-state index contributed by atoms with van der Waals surface area (Å²) in [6, 6.07) is 0. The molecule has 2 aromatic heterocycles. The number of ether oxygens (including phenoxy) is 1. The van der Waals surface area contributed by atoms with Crippen molar-refractivity contribution >= 4 is 18.6 Å². The fourth-order valence-corrected chi connectivity index (χ4v) is 4.63. The minimum absolute atomic E-state index is 0.394. The van der Waals surface area contributed by atoms with E-state index in [9.17, 15) is 4.57 Å². The highest BCUT2D eigenvalue weighted by molar-refractivity contribution is 7.53. The molecular weight excluding hydrogens is 379 g/mol. The van der Waals surface area contributed by atoms with Gasteiger partial charge in [0.2, 0.25) is 5.88 Å². The van der Waals surface area contributed by atoms with Gasteiger partial charge in [-0.3, -0.25) is 4.57 Å². The van der Waals surface area contributed by atoms with Crippen LogP contribution in [0.25, 0.3) is 11.0 Å². The molecule has 28 heavy (non-hydrogen) atoms. The van der Waals surface area contributed by atoms with Crippen LogP contribution < -0.4 is 4.74 Å². The summed E-state index contributed by atoms with van der Waals surface area (Å²) >= 11 is 0. The average Bonchev–Trinajstić information content (AvgIpc) is 3.06. The van der Waals surface area contributed by atoms with Gasteiger partial charge in [0.15, 0.2) is 0 Å².